The number of aliphatic hydroxyl groups is 1. The summed E-state index contributed by atoms with van der Waals surface area (Å²) in [6.07, 6.45) is 5.09. The Morgan fingerprint density at radius 1 is 1.35 bits per heavy atom. The molecular weight excluding hydrogens is 218 g/mol. The quantitative estimate of drug-likeness (QED) is 0.724. The molecule has 1 fully saturated rings. The average Bonchev–Trinajstić information content (AvgIpc) is 2.44. The summed E-state index contributed by atoms with van der Waals surface area (Å²) >= 11 is 0. The third-order valence-corrected chi connectivity index (χ3v) is 3.77. The molecular formula is C13H25NO3. The molecule has 0 amide bonds. The lowest BCUT2D eigenvalue weighted by atomic mass is 10.0. The molecule has 0 bridgehead atoms. The largest absolute Gasteiger partial charge is 0.481 e. The first-order chi connectivity index (χ1) is 8.06. The third kappa shape index (κ3) is 4.28. The van der Waals surface area contributed by atoms with Gasteiger partial charge in [-0.1, -0.05) is 26.2 Å². The lowest BCUT2D eigenvalue weighted by molar-refractivity contribution is -0.138. The van der Waals surface area contributed by atoms with Crippen molar-refractivity contribution in [3.63, 3.8) is 0 Å². The van der Waals surface area contributed by atoms with Gasteiger partial charge in [0.05, 0.1) is 12.5 Å². The molecule has 1 aliphatic rings. The van der Waals surface area contributed by atoms with E-state index in [2.05, 4.69) is 4.90 Å². The van der Waals surface area contributed by atoms with E-state index in [1.165, 1.54) is 6.42 Å². The van der Waals surface area contributed by atoms with Crippen LogP contribution in [0.5, 0.6) is 0 Å². The summed E-state index contributed by atoms with van der Waals surface area (Å²) in [6, 6.07) is 0.132. The first-order valence-electron chi connectivity index (χ1n) is 6.71. The number of hydrogen-bond acceptors (Lipinski definition) is 3. The summed E-state index contributed by atoms with van der Waals surface area (Å²) < 4.78 is 0. The van der Waals surface area contributed by atoms with Gasteiger partial charge in [-0.05, 0) is 26.3 Å². The normalized spacial score (nSPS) is 27.8. The van der Waals surface area contributed by atoms with Gasteiger partial charge in [0.15, 0.2) is 0 Å². The van der Waals surface area contributed by atoms with Crippen LogP contribution in [0.1, 0.15) is 52.4 Å². The lowest BCUT2D eigenvalue weighted by Gasteiger charge is -2.37. The highest BCUT2D eigenvalue weighted by Crippen LogP contribution is 2.24. The molecule has 4 nitrogen and oxygen atoms in total. The van der Waals surface area contributed by atoms with E-state index < -0.39 is 5.97 Å². The Morgan fingerprint density at radius 3 is 2.59 bits per heavy atom. The molecule has 0 heterocycles. The van der Waals surface area contributed by atoms with Crippen molar-refractivity contribution in [2.45, 2.75) is 70.6 Å². The number of aliphatic carboxylic acids is 1. The molecule has 2 N–H and O–H groups in total. The van der Waals surface area contributed by atoms with Crippen LogP contribution < -0.4 is 0 Å². The molecule has 1 aliphatic carbocycles. The summed E-state index contributed by atoms with van der Waals surface area (Å²) in [5.74, 6) is -0.765. The van der Waals surface area contributed by atoms with E-state index in [-0.39, 0.29) is 24.6 Å². The van der Waals surface area contributed by atoms with Crippen LogP contribution in [0.3, 0.4) is 0 Å². The van der Waals surface area contributed by atoms with E-state index in [4.69, 9.17) is 5.11 Å². The highest BCUT2D eigenvalue weighted by atomic mass is 16.4. The van der Waals surface area contributed by atoms with E-state index in [0.717, 1.165) is 32.2 Å². The van der Waals surface area contributed by atoms with Gasteiger partial charge in [0, 0.05) is 12.1 Å². The molecule has 3 unspecified atom stereocenters. The molecule has 0 saturated heterocycles. The minimum absolute atomic E-state index is 0.00440. The number of likely N-dealkylation sites (N-methyl/N-ethyl adjacent to an activating group) is 1. The summed E-state index contributed by atoms with van der Waals surface area (Å²) in [5.41, 5.74) is 0. The predicted octanol–water partition coefficient (Wildman–Crippen LogP) is 1.87. The van der Waals surface area contributed by atoms with Gasteiger partial charge in [-0.25, -0.2) is 0 Å². The molecule has 1 saturated carbocycles. The maximum atomic E-state index is 10.8. The SMILES string of the molecule is CCN(C(C)CC(=O)O)C1CCCCCC1O. The van der Waals surface area contributed by atoms with E-state index >= 15 is 0 Å². The van der Waals surface area contributed by atoms with Crippen molar-refractivity contribution in [1.82, 2.24) is 4.90 Å². The van der Waals surface area contributed by atoms with Crippen LogP contribution in [0.25, 0.3) is 0 Å². The van der Waals surface area contributed by atoms with Gasteiger partial charge >= 0.3 is 5.97 Å². The van der Waals surface area contributed by atoms with Gasteiger partial charge in [0.25, 0.3) is 0 Å². The molecule has 3 atom stereocenters. The maximum absolute atomic E-state index is 10.8. The minimum Gasteiger partial charge on any atom is -0.481 e. The van der Waals surface area contributed by atoms with Crippen molar-refractivity contribution >= 4 is 5.97 Å². The lowest BCUT2D eigenvalue weighted by Crippen LogP contribution is -2.48. The van der Waals surface area contributed by atoms with Gasteiger partial charge in [-0.15, -0.1) is 0 Å². The molecule has 17 heavy (non-hydrogen) atoms. The molecule has 0 aromatic rings. The van der Waals surface area contributed by atoms with Gasteiger partial charge in [0.1, 0.15) is 0 Å². The van der Waals surface area contributed by atoms with Gasteiger partial charge in [0.2, 0.25) is 0 Å². The number of rotatable bonds is 5. The van der Waals surface area contributed by atoms with Gasteiger partial charge in [-0.3, -0.25) is 9.69 Å². The number of carbonyl (C=O) groups is 1. The molecule has 4 heteroatoms. The highest BCUT2D eigenvalue weighted by Gasteiger charge is 2.30. The fourth-order valence-electron chi connectivity index (χ4n) is 2.90. The van der Waals surface area contributed by atoms with Crippen LogP contribution in [-0.4, -0.2) is 45.8 Å². The first-order valence-corrected chi connectivity index (χ1v) is 6.71. The zero-order valence-electron chi connectivity index (χ0n) is 10.9. The van der Waals surface area contributed by atoms with Crippen LogP contribution in [0.15, 0.2) is 0 Å². The van der Waals surface area contributed by atoms with Crippen molar-refractivity contribution in [3.05, 3.63) is 0 Å². The van der Waals surface area contributed by atoms with Crippen LogP contribution >= 0.6 is 0 Å². The third-order valence-electron chi connectivity index (χ3n) is 3.77. The van der Waals surface area contributed by atoms with Crippen LogP contribution in [0, 0.1) is 0 Å². The number of aliphatic hydroxyl groups excluding tert-OH is 1. The van der Waals surface area contributed by atoms with E-state index in [0.29, 0.717) is 0 Å². The van der Waals surface area contributed by atoms with Gasteiger partial charge in [-0.2, -0.15) is 0 Å². The van der Waals surface area contributed by atoms with E-state index in [1.54, 1.807) is 0 Å². The van der Waals surface area contributed by atoms with E-state index in [9.17, 15) is 9.90 Å². The number of carboxylic acid groups (broad SMARTS) is 1. The smallest absolute Gasteiger partial charge is 0.304 e. The van der Waals surface area contributed by atoms with Crippen LogP contribution in [0.4, 0.5) is 0 Å². The first kappa shape index (κ1) is 14.5. The summed E-state index contributed by atoms with van der Waals surface area (Å²) in [7, 11) is 0. The number of carboxylic acids is 1. The van der Waals surface area contributed by atoms with Crippen LogP contribution in [0.2, 0.25) is 0 Å². The number of hydrogen-bond donors (Lipinski definition) is 2. The summed E-state index contributed by atoms with van der Waals surface area (Å²) in [6.45, 7) is 4.78. The number of nitrogens with zero attached hydrogens (tertiary/aromatic N) is 1. The minimum atomic E-state index is -0.765. The molecule has 0 aromatic heterocycles. The zero-order chi connectivity index (χ0) is 12.8. The standard InChI is InChI=1S/C13H25NO3/c1-3-14(10(2)9-13(16)17)11-7-5-4-6-8-12(11)15/h10-12,15H,3-9H2,1-2H3,(H,16,17). The Hall–Kier alpha value is -0.610. The fraction of sp³-hybridized carbons (Fsp3) is 0.923. The van der Waals surface area contributed by atoms with Crippen molar-refractivity contribution in [2.24, 2.45) is 0 Å². The second-order valence-corrected chi connectivity index (χ2v) is 5.05. The van der Waals surface area contributed by atoms with Crippen molar-refractivity contribution < 1.29 is 15.0 Å². The molecule has 100 valence electrons. The summed E-state index contributed by atoms with van der Waals surface area (Å²) in [4.78, 5) is 12.9. The molecule has 0 aliphatic heterocycles. The molecule has 0 aromatic carbocycles. The maximum Gasteiger partial charge on any atom is 0.304 e. The Bertz CT molecular complexity index is 245. The zero-order valence-corrected chi connectivity index (χ0v) is 10.9. The monoisotopic (exact) mass is 243 g/mol. The Kier molecular flexibility index (Phi) is 5.92. The Morgan fingerprint density at radius 2 is 2.00 bits per heavy atom. The Balaban J connectivity index is 2.66. The molecule has 0 spiro atoms. The summed E-state index contributed by atoms with van der Waals surface area (Å²) in [5, 5.41) is 19.0. The topological polar surface area (TPSA) is 60.8 Å². The average molecular weight is 243 g/mol. The molecule has 1 rings (SSSR count). The van der Waals surface area contributed by atoms with Crippen molar-refractivity contribution in [2.75, 3.05) is 6.54 Å². The van der Waals surface area contributed by atoms with Gasteiger partial charge < -0.3 is 10.2 Å². The highest BCUT2D eigenvalue weighted by molar-refractivity contribution is 5.67. The Labute approximate surface area is 104 Å². The van der Waals surface area contributed by atoms with E-state index in [1.807, 2.05) is 13.8 Å². The molecule has 0 radical (unpaired) electrons. The van der Waals surface area contributed by atoms with Crippen molar-refractivity contribution in [3.8, 4) is 0 Å². The fourth-order valence-corrected chi connectivity index (χ4v) is 2.90. The van der Waals surface area contributed by atoms with Crippen LogP contribution in [-0.2, 0) is 4.79 Å². The predicted molar refractivity (Wildman–Crippen MR) is 67.0 cm³/mol. The van der Waals surface area contributed by atoms with Crippen molar-refractivity contribution in [1.29, 1.82) is 0 Å². The second kappa shape index (κ2) is 6.97. The second-order valence-electron chi connectivity index (χ2n) is 5.05.